The summed E-state index contributed by atoms with van der Waals surface area (Å²) in [5.74, 6) is 0.108. The van der Waals surface area contributed by atoms with Crippen LogP contribution in [0.3, 0.4) is 0 Å². The first-order chi connectivity index (χ1) is 11.0. The van der Waals surface area contributed by atoms with E-state index in [1.54, 1.807) is 11.1 Å². The Morgan fingerprint density at radius 3 is 2.42 bits per heavy atom. The van der Waals surface area contributed by atoms with Crippen LogP contribution in [0.25, 0.3) is 0 Å². The Labute approximate surface area is 144 Å². The minimum Gasteiger partial charge on any atom is -0.367 e. The number of rotatable bonds is 4. The van der Waals surface area contributed by atoms with Crippen LogP contribution in [0.15, 0.2) is 24.3 Å². The van der Waals surface area contributed by atoms with Crippen molar-refractivity contribution < 1.29 is 18.0 Å². The van der Waals surface area contributed by atoms with Crippen LogP contribution in [0.2, 0.25) is 0 Å². The molecule has 0 unspecified atom stereocenters. The zero-order valence-corrected chi connectivity index (χ0v) is 15.5. The fourth-order valence-corrected chi connectivity index (χ4v) is 3.16. The third-order valence-corrected chi connectivity index (χ3v) is 4.55. The maximum Gasteiger partial charge on any atom is 0.330 e. The second kappa shape index (κ2) is 7.11. The summed E-state index contributed by atoms with van der Waals surface area (Å²) < 4.78 is 25.2. The second-order valence-corrected chi connectivity index (χ2v) is 9.08. The molecule has 0 atom stereocenters. The van der Waals surface area contributed by atoms with E-state index in [1.165, 1.54) is 0 Å². The Morgan fingerprint density at radius 1 is 1.25 bits per heavy atom. The predicted octanol–water partition coefficient (Wildman–Crippen LogP) is 2.74. The van der Waals surface area contributed by atoms with Gasteiger partial charge in [-0.2, -0.15) is 0 Å². The molecule has 0 saturated carbocycles. The lowest BCUT2D eigenvalue weighted by Crippen LogP contribution is -2.38. The molecule has 134 valence electrons. The van der Waals surface area contributed by atoms with Crippen molar-refractivity contribution in [3.63, 3.8) is 0 Å². The summed E-state index contributed by atoms with van der Waals surface area (Å²) in [5, 5.41) is 1.72. The Kier molecular flexibility index (Phi) is 5.55. The van der Waals surface area contributed by atoms with Crippen LogP contribution >= 0.6 is 0 Å². The molecule has 0 aliphatic carbocycles. The molecule has 0 bridgehead atoms. The molecule has 1 saturated heterocycles. The maximum atomic E-state index is 11.9. The number of nitrogens with one attached hydrogen (secondary N) is 1. The monoisotopic (exact) mass is 354 g/mol. The van der Waals surface area contributed by atoms with Crippen molar-refractivity contribution in [2.24, 2.45) is 5.41 Å². The highest BCUT2D eigenvalue weighted by Gasteiger charge is 2.28. The van der Waals surface area contributed by atoms with E-state index in [4.69, 9.17) is 4.84 Å². The van der Waals surface area contributed by atoms with Crippen LogP contribution in [-0.4, -0.2) is 38.8 Å². The van der Waals surface area contributed by atoms with Gasteiger partial charge in [-0.15, -0.1) is 5.06 Å². The largest absolute Gasteiger partial charge is 0.367 e. The van der Waals surface area contributed by atoms with Gasteiger partial charge in [-0.3, -0.25) is 4.72 Å². The van der Waals surface area contributed by atoms with Gasteiger partial charge in [0.05, 0.1) is 11.7 Å². The van der Waals surface area contributed by atoms with Gasteiger partial charge in [-0.1, -0.05) is 12.1 Å². The molecule has 2 rings (SSSR count). The van der Waals surface area contributed by atoms with Crippen LogP contribution in [0.5, 0.6) is 0 Å². The first-order valence-corrected chi connectivity index (χ1v) is 9.99. The van der Waals surface area contributed by atoms with Crippen LogP contribution in [-0.2, 0) is 19.7 Å². The average molecular weight is 354 g/mol. The minimum atomic E-state index is -3.28. The van der Waals surface area contributed by atoms with E-state index < -0.39 is 15.4 Å². The molecule has 0 spiro atoms. The number of hydroxylamine groups is 2. The van der Waals surface area contributed by atoms with Crippen molar-refractivity contribution in [1.29, 1.82) is 0 Å². The lowest BCUT2D eigenvalue weighted by atomic mass is 9.90. The first-order valence-electron chi connectivity index (χ1n) is 8.10. The number of nitrogens with zero attached hydrogens (tertiary/aromatic N) is 1. The Bertz CT molecular complexity index is 687. The van der Waals surface area contributed by atoms with Gasteiger partial charge in [0.15, 0.2) is 0 Å². The summed E-state index contributed by atoms with van der Waals surface area (Å²) in [7, 11) is -3.28. The van der Waals surface area contributed by atoms with Crippen LogP contribution in [0.4, 0.5) is 5.69 Å². The summed E-state index contributed by atoms with van der Waals surface area (Å²) in [6.07, 6.45) is 2.86. The van der Waals surface area contributed by atoms with Gasteiger partial charge in [0, 0.05) is 18.8 Å². The van der Waals surface area contributed by atoms with Crippen LogP contribution in [0.1, 0.15) is 45.1 Å². The average Bonchev–Trinajstić information content (AvgIpc) is 2.45. The van der Waals surface area contributed by atoms with Gasteiger partial charge >= 0.3 is 5.97 Å². The topological polar surface area (TPSA) is 75.7 Å². The highest BCUT2D eigenvalue weighted by Crippen LogP contribution is 2.30. The SMILES string of the molecule is CC(C)(C)C(=O)ON1CCC(c2cccc(NS(C)(=O)=O)c2)CC1. The Hall–Kier alpha value is -1.60. The zero-order valence-electron chi connectivity index (χ0n) is 14.7. The molecule has 24 heavy (non-hydrogen) atoms. The molecule has 6 nitrogen and oxygen atoms in total. The zero-order chi connectivity index (χ0) is 18.0. The summed E-state index contributed by atoms with van der Waals surface area (Å²) in [6.45, 7) is 6.86. The molecule has 1 aliphatic heterocycles. The first kappa shape index (κ1) is 18.7. The van der Waals surface area contributed by atoms with Gasteiger partial charge in [-0.25, -0.2) is 13.2 Å². The molecule has 1 aliphatic rings. The summed E-state index contributed by atoms with van der Waals surface area (Å²) in [5.41, 5.74) is 1.17. The van der Waals surface area contributed by atoms with Crippen molar-refractivity contribution in [3.8, 4) is 0 Å². The van der Waals surface area contributed by atoms with Crippen molar-refractivity contribution >= 4 is 21.7 Å². The molecule has 7 heteroatoms. The van der Waals surface area contributed by atoms with Crippen molar-refractivity contribution in [2.45, 2.75) is 39.5 Å². The molecule has 1 fully saturated rings. The molecule has 0 aromatic heterocycles. The van der Waals surface area contributed by atoms with E-state index in [9.17, 15) is 13.2 Å². The van der Waals surface area contributed by atoms with E-state index >= 15 is 0 Å². The van der Waals surface area contributed by atoms with Crippen molar-refractivity contribution in [3.05, 3.63) is 29.8 Å². The minimum absolute atomic E-state index is 0.222. The molecule has 1 aromatic rings. The predicted molar refractivity (Wildman–Crippen MR) is 94.0 cm³/mol. The summed E-state index contributed by atoms with van der Waals surface area (Å²) in [4.78, 5) is 17.4. The number of piperidine rings is 1. The maximum absolute atomic E-state index is 11.9. The molecule has 1 heterocycles. The van der Waals surface area contributed by atoms with Crippen molar-refractivity contribution in [2.75, 3.05) is 24.1 Å². The normalized spacial score (nSPS) is 17.5. The third-order valence-electron chi connectivity index (χ3n) is 3.94. The summed E-state index contributed by atoms with van der Waals surface area (Å²) in [6, 6.07) is 7.48. The quantitative estimate of drug-likeness (QED) is 0.900. The number of hydrogen-bond acceptors (Lipinski definition) is 5. The number of sulfonamides is 1. The number of benzene rings is 1. The van der Waals surface area contributed by atoms with Gasteiger partial charge in [0.1, 0.15) is 0 Å². The van der Waals surface area contributed by atoms with Gasteiger partial charge in [-0.05, 0) is 57.2 Å². The highest BCUT2D eigenvalue weighted by atomic mass is 32.2. The fraction of sp³-hybridized carbons (Fsp3) is 0.588. The molecule has 1 aromatic carbocycles. The van der Waals surface area contributed by atoms with Crippen LogP contribution in [0, 0.1) is 5.41 Å². The lowest BCUT2D eigenvalue weighted by Gasteiger charge is -2.32. The van der Waals surface area contributed by atoms with Gasteiger partial charge in [0.2, 0.25) is 10.0 Å². The summed E-state index contributed by atoms with van der Waals surface area (Å²) >= 11 is 0. The second-order valence-electron chi connectivity index (χ2n) is 7.33. The molecule has 0 radical (unpaired) electrons. The lowest BCUT2D eigenvalue weighted by molar-refractivity contribution is -0.204. The Morgan fingerprint density at radius 2 is 1.88 bits per heavy atom. The molecular formula is C17H26N2O4S. The molecule has 0 amide bonds. The molecular weight excluding hydrogens is 328 g/mol. The number of anilines is 1. The van der Waals surface area contributed by atoms with Crippen molar-refractivity contribution in [1.82, 2.24) is 5.06 Å². The van der Waals surface area contributed by atoms with Gasteiger partial charge < -0.3 is 4.84 Å². The fourth-order valence-electron chi connectivity index (χ4n) is 2.60. The third kappa shape index (κ3) is 5.49. The van der Waals surface area contributed by atoms with E-state index in [1.807, 2.05) is 39.0 Å². The number of carbonyl (C=O) groups is 1. The van der Waals surface area contributed by atoms with E-state index in [-0.39, 0.29) is 5.97 Å². The van der Waals surface area contributed by atoms with E-state index in [0.717, 1.165) is 24.7 Å². The number of carbonyl (C=O) groups excluding carboxylic acids is 1. The van der Waals surface area contributed by atoms with E-state index in [0.29, 0.717) is 24.7 Å². The van der Waals surface area contributed by atoms with E-state index in [2.05, 4.69) is 4.72 Å². The smallest absolute Gasteiger partial charge is 0.330 e. The molecule has 1 N–H and O–H groups in total. The highest BCUT2D eigenvalue weighted by molar-refractivity contribution is 7.92. The Balaban J connectivity index is 1.95. The van der Waals surface area contributed by atoms with Gasteiger partial charge in [0.25, 0.3) is 0 Å². The standard InChI is InChI=1S/C17H26N2O4S/c1-17(2,3)16(20)23-19-10-8-13(9-11-19)14-6-5-7-15(12-14)18-24(4,21)22/h5-7,12-13,18H,8-11H2,1-4H3. The number of hydrogen-bond donors (Lipinski definition) is 1. The van der Waals surface area contributed by atoms with Crippen LogP contribution < -0.4 is 4.72 Å².